The summed E-state index contributed by atoms with van der Waals surface area (Å²) in [6.45, 7) is 2.54. The third-order valence-corrected chi connectivity index (χ3v) is 6.97. The molecule has 2 amide bonds. The van der Waals surface area contributed by atoms with Gasteiger partial charge in [-0.05, 0) is 42.2 Å². The lowest BCUT2D eigenvalue weighted by Crippen LogP contribution is -2.46. The molecule has 3 N–H and O–H groups in total. The molecule has 0 aromatic heterocycles. The summed E-state index contributed by atoms with van der Waals surface area (Å²) < 4.78 is 45.9. The van der Waals surface area contributed by atoms with Gasteiger partial charge >= 0.3 is 0 Å². The fourth-order valence-corrected chi connectivity index (χ4v) is 5.02. The molecule has 1 unspecified atom stereocenters. The fraction of sp³-hybridized carbons (Fsp3) is 0.423. The Labute approximate surface area is 230 Å². The van der Waals surface area contributed by atoms with E-state index in [0.717, 1.165) is 18.1 Å². The van der Waals surface area contributed by atoms with E-state index in [9.17, 15) is 27.6 Å². The summed E-state index contributed by atoms with van der Waals surface area (Å²) in [7, 11) is 0. The zero-order valence-electron chi connectivity index (χ0n) is 20.9. The van der Waals surface area contributed by atoms with E-state index in [0.29, 0.717) is 30.5 Å². The zero-order chi connectivity index (χ0) is 26.9. The Morgan fingerprint density at radius 2 is 1.82 bits per heavy atom. The lowest BCUT2D eigenvalue weighted by Gasteiger charge is -2.24. The number of ether oxygens (including phenoxy) is 1. The van der Waals surface area contributed by atoms with Gasteiger partial charge in [0, 0.05) is 43.8 Å². The number of nitrogens with zero attached hydrogens (tertiary/aromatic N) is 1. The van der Waals surface area contributed by atoms with Gasteiger partial charge in [0.25, 0.3) is 5.91 Å². The van der Waals surface area contributed by atoms with Gasteiger partial charge in [0.1, 0.15) is 18.2 Å². The lowest BCUT2D eigenvalue weighted by molar-refractivity contribution is -0.136. The van der Waals surface area contributed by atoms with Crippen LogP contribution in [0.4, 0.5) is 13.2 Å². The van der Waals surface area contributed by atoms with Crippen LogP contribution in [0.5, 0.6) is 5.75 Å². The summed E-state index contributed by atoms with van der Waals surface area (Å²) in [5.41, 5.74) is 6.69. The minimum atomic E-state index is -1.29. The van der Waals surface area contributed by atoms with Crippen LogP contribution in [0.1, 0.15) is 37.3 Å². The van der Waals surface area contributed by atoms with Crippen LogP contribution in [-0.4, -0.2) is 52.8 Å². The summed E-state index contributed by atoms with van der Waals surface area (Å²) in [6.07, 6.45) is 0.915. The molecule has 2 atom stereocenters. The molecule has 1 aliphatic rings. The Morgan fingerprint density at radius 3 is 2.50 bits per heavy atom. The van der Waals surface area contributed by atoms with Crippen LogP contribution >= 0.6 is 24.2 Å². The Kier molecular flexibility index (Phi) is 12.4. The monoisotopic (exact) mass is 573 g/mol. The number of hydrogen-bond acceptors (Lipinski definition) is 6. The second-order valence-electron chi connectivity index (χ2n) is 8.78. The van der Waals surface area contributed by atoms with Gasteiger partial charge in [-0.25, -0.2) is 13.2 Å². The van der Waals surface area contributed by atoms with E-state index in [2.05, 4.69) is 5.32 Å². The number of rotatable bonds is 12. The number of carbonyl (C=O) groups excluding carboxylic acids is 3. The van der Waals surface area contributed by atoms with E-state index >= 15 is 0 Å². The maximum atomic E-state index is 13.9. The van der Waals surface area contributed by atoms with Crippen molar-refractivity contribution in [3.8, 4) is 5.75 Å². The number of nitrogens with two attached hydrogens (primary N) is 1. The van der Waals surface area contributed by atoms with Crippen LogP contribution in [0.15, 0.2) is 36.4 Å². The van der Waals surface area contributed by atoms with Crippen LogP contribution in [0.2, 0.25) is 0 Å². The minimum Gasteiger partial charge on any atom is -0.486 e. The molecule has 12 heteroatoms. The number of ketones is 1. The van der Waals surface area contributed by atoms with Crippen molar-refractivity contribution >= 4 is 41.8 Å². The van der Waals surface area contributed by atoms with Gasteiger partial charge in [0.05, 0.1) is 0 Å². The predicted molar refractivity (Wildman–Crippen MR) is 142 cm³/mol. The molecule has 7 nitrogen and oxygen atoms in total. The van der Waals surface area contributed by atoms with Gasteiger partial charge in [-0.2, -0.15) is 0 Å². The van der Waals surface area contributed by atoms with Crippen molar-refractivity contribution in [3.63, 3.8) is 0 Å². The standard InChI is InChI=1S/C26H30F3N3O4S.ClH/c1-2-3-19(33)15-36-20-6-4-16(5-7-20)14-31-25(35)26-32(8-9-37-26)24(34)12-18(30)10-17-11-22(28)23(29)13-21(17)27;/h4-7,11,13,18,26H,2-3,8-10,12,14-15,30H2,1H3,(H,31,35);1H/t18-,26?;/m1./s1. The van der Waals surface area contributed by atoms with Gasteiger partial charge in [-0.3, -0.25) is 14.4 Å². The second-order valence-corrected chi connectivity index (χ2v) is 9.96. The largest absolute Gasteiger partial charge is 0.486 e. The van der Waals surface area contributed by atoms with Crippen molar-refractivity contribution in [2.75, 3.05) is 18.9 Å². The summed E-state index contributed by atoms with van der Waals surface area (Å²) >= 11 is 1.32. The van der Waals surface area contributed by atoms with Crippen molar-refractivity contribution < 1.29 is 32.3 Å². The SMILES string of the molecule is CCCC(=O)COc1ccc(CNC(=O)C2SCCN2C(=O)C[C@H](N)Cc2cc(F)c(F)cc2F)cc1.Cl. The van der Waals surface area contributed by atoms with Crippen LogP contribution in [-0.2, 0) is 27.3 Å². The average Bonchev–Trinajstić information content (AvgIpc) is 3.36. The number of Topliss-reactive ketones (excluding diaryl/α,β-unsaturated/α-hetero) is 1. The average molecular weight is 574 g/mol. The predicted octanol–water partition coefficient (Wildman–Crippen LogP) is 3.75. The highest BCUT2D eigenvalue weighted by Gasteiger charge is 2.35. The molecule has 3 rings (SSSR count). The summed E-state index contributed by atoms with van der Waals surface area (Å²) in [6, 6.07) is 7.35. The summed E-state index contributed by atoms with van der Waals surface area (Å²) in [4.78, 5) is 38.6. The molecular formula is C26H31ClF3N3O4S. The highest BCUT2D eigenvalue weighted by molar-refractivity contribution is 8.00. The number of halogens is 4. The number of thioether (sulfide) groups is 1. The summed E-state index contributed by atoms with van der Waals surface area (Å²) in [5, 5.41) is 2.09. The van der Waals surface area contributed by atoms with E-state index in [4.69, 9.17) is 10.5 Å². The van der Waals surface area contributed by atoms with Gasteiger partial charge in [0.2, 0.25) is 5.91 Å². The number of nitrogens with one attached hydrogen (secondary N) is 1. The third-order valence-electron chi connectivity index (χ3n) is 5.76. The van der Waals surface area contributed by atoms with Gasteiger partial charge in [-0.1, -0.05) is 19.1 Å². The maximum Gasteiger partial charge on any atom is 0.253 e. The molecule has 0 bridgehead atoms. The van der Waals surface area contributed by atoms with Gasteiger partial charge in [0.15, 0.2) is 22.8 Å². The molecule has 208 valence electrons. The van der Waals surface area contributed by atoms with Crippen molar-refractivity contribution in [2.45, 2.75) is 50.6 Å². The van der Waals surface area contributed by atoms with E-state index in [1.165, 1.54) is 16.7 Å². The molecule has 1 heterocycles. The first-order valence-corrected chi connectivity index (χ1v) is 13.0. The first kappa shape index (κ1) is 31.5. The maximum absolute atomic E-state index is 13.9. The number of amides is 2. The van der Waals surface area contributed by atoms with Crippen LogP contribution in [0.25, 0.3) is 0 Å². The third kappa shape index (κ3) is 8.92. The van der Waals surface area contributed by atoms with Crippen molar-refractivity contribution in [1.29, 1.82) is 0 Å². The van der Waals surface area contributed by atoms with Gasteiger partial charge < -0.3 is 20.7 Å². The topological polar surface area (TPSA) is 102 Å². The van der Waals surface area contributed by atoms with Crippen LogP contribution in [0, 0.1) is 17.5 Å². The highest BCUT2D eigenvalue weighted by atomic mass is 35.5. The molecule has 0 radical (unpaired) electrons. The molecule has 1 fully saturated rings. The first-order chi connectivity index (χ1) is 17.7. The quantitative estimate of drug-likeness (QED) is 0.375. The lowest BCUT2D eigenvalue weighted by atomic mass is 10.0. The molecular weight excluding hydrogens is 543 g/mol. The fourth-order valence-electron chi connectivity index (χ4n) is 3.85. The molecule has 2 aromatic carbocycles. The van der Waals surface area contributed by atoms with E-state index in [1.807, 2.05) is 6.92 Å². The normalized spacial score (nSPS) is 15.5. The van der Waals surface area contributed by atoms with Crippen LogP contribution in [0.3, 0.4) is 0 Å². The molecule has 1 aliphatic heterocycles. The molecule has 0 saturated carbocycles. The minimum absolute atomic E-state index is 0. The van der Waals surface area contributed by atoms with Crippen molar-refractivity contribution in [2.24, 2.45) is 5.73 Å². The highest BCUT2D eigenvalue weighted by Crippen LogP contribution is 2.25. The zero-order valence-corrected chi connectivity index (χ0v) is 22.5. The van der Waals surface area contributed by atoms with E-state index < -0.39 is 28.9 Å². The molecule has 38 heavy (non-hydrogen) atoms. The summed E-state index contributed by atoms with van der Waals surface area (Å²) in [5.74, 6) is -2.96. The Balaban J connectivity index is 0.00000507. The molecule has 2 aromatic rings. The Bertz CT molecular complexity index is 1120. The van der Waals surface area contributed by atoms with E-state index in [-0.39, 0.29) is 61.6 Å². The van der Waals surface area contributed by atoms with E-state index in [1.54, 1.807) is 24.3 Å². The number of hydrogen-bond donors (Lipinski definition) is 2. The first-order valence-electron chi connectivity index (χ1n) is 12.0. The molecule has 0 spiro atoms. The van der Waals surface area contributed by atoms with Crippen molar-refractivity contribution in [3.05, 3.63) is 65.0 Å². The number of carbonyl (C=O) groups is 3. The van der Waals surface area contributed by atoms with Crippen LogP contribution < -0.4 is 15.8 Å². The molecule has 0 aliphatic carbocycles. The van der Waals surface area contributed by atoms with Crippen molar-refractivity contribution in [1.82, 2.24) is 10.2 Å². The van der Waals surface area contributed by atoms with Gasteiger partial charge in [-0.15, -0.1) is 24.2 Å². The smallest absolute Gasteiger partial charge is 0.253 e. The Hall–Kier alpha value is -2.76. The molecule has 1 saturated heterocycles. The Morgan fingerprint density at radius 1 is 1.13 bits per heavy atom. The number of benzene rings is 2. The second kappa shape index (κ2) is 15.0.